The highest BCUT2D eigenvalue weighted by atomic mass is 16.5. The maximum Gasteiger partial charge on any atom is 0.339 e. The summed E-state index contributed by atoms with van der Waals surface area (Å²) in [7, 11) is 2.99. The molecule has 2 heterocycles. The first kappa shape index (κ1) is 16.7. The number of carbonyl (C=O) groups excluding carboxylic acids is 1. The Morgan fingerprint density at radius 2 is 1.92 bits per heavy atom. The van der Waals surface area contributed by atoms with Gasteiger partial charge in [-0.3, -0.25) is 4.98 Å². The van der Waals surface area contributed by atoms with Crippen LogP contribution in [0.15, 0.2) is 42.6 Å². The fourth-order valence-electron chi connectivity index (χ4n) is 2.53. The highest BCUT2D eigenvalue weighted by molar-refractivity contribution is 5.93. The molecule has 6 heteroatoms. The van der Waals surface area contributed by atoms with Gasteiger partial charge in [0.05, 0.1) is 30.8 Å². The number of nitrogens with zero attached hydrogens (tertiary/aromatic N) is 2. The first-order chi connectivity index (χ1) is 12.1. The number of anilines is 1. The van der Waals surface area contributed by atoms with Gasteiger partial charge in [-0.2, -0.15) is 0 Å². The molecule has 0 spiro atoms. The van der Waals surface area contributed by atoms with Crippen molar-refractivity contribution in [3.05, 3.63) is 59.3 Å². The van der Waals surface area contributed by atoms with E-state index in [2.05, 4.69) is 15.3 Å². The van der Waals surface area contributed by atoms with Crippen LogP contribution < -0.4 is 10.1 Å². The number of hydrogen-bond acceptors (Lipinski definition) is 6. The molecular formula is C19H19N3O3. The lowest BCUT2D eigenvalue weighted by Gasteiger charge is -2.10. The molecule has 0 aliphatic carbocycles. The number of hydrogen-bond donors (Lipinski definition) is 1. The first-order valence-electron chi connectivity index (χ1n) is 7.83. The summed E-state index contributed by atoms with van der Waals surface area (Å²) in [4.78, 5) is 20.6. The summed E-state index contributed by atoms with van der Waals surface area (Å²) in [6.45, 7) is 2.60. The molecule has 1 aromatic carbocycles. The highest BCUT2D eigenvalue weighted by Crippen LogP contribution is 2.20. The average Bonchev–Trinajstić information content (AvgIpc) is 2.65. The summed E-state index contributed by atoms with van der Waals surface area (Å²) in [6.07, 6.45) is 1.51. The quantitative estimate of drug-likeness (QED) is 0.720. The molecule has 0 saturated heterocycles. The van der Waals surface area contributed by atoms with E-state index >= 15 is 0 Å². The molecule has 3 aromatic rings. The maximum absolute atomic E-state index is 11.7. The van der Waals surface area contributed by atoms with E-state index in [1.54, 1.807) is 13.2 Å². The van der Waals surface area contributed by atoms with Crippen LogP contribution >= 0.6 is 0 Å². The molecule has 0 aliphatic heterocycles. The second-order valence-electron chi connectivity index (χ2n) is 5.61. The lowest BCUT2D eigenvalue weighted by atomic mass is 10.1. The number of esters is 1. The van der Waals surface area contributed by atoms with E-state index in [0.717, 1.165) is 28.2 Å². The van der Waals surface area contributed by atoms with Crippen LogP contribution in [0.3, 0.4) is 0 Å². The van der Waals surface area contributed by atoms with Crippen LogP contribution in [0.25, 0.3) is 11.0 Å². The molecular weight excluding hydrogens is 318 g/mol. The van der Waals surface area contributed by atoms with Crippen molar-refractivity contribution in [2.75, 3.05) is 19.5 Å². The number of carbonyl (C=O) groups is 1. The molecule has 128 valence electrons. The fourth-order valence-corrected chi connectivity index (χ4v) is 2.53. The van der Waals surface area contributed by atoms with Crippen molar-refractivity contribution in [1.29, 1.82) is 0 Å². The summed E-state index contributed by atoms with van der Waals surface area (Å²) in [6, 6.07) is 11.5. The van der Waals surface area contributed by atoms with E-state index in [9.17, 15) is 4.79 Å². The van der Waals surface area contributed by atoms with E-state index in [4.69, 9.17) is 9.47 Å². The van der Waals surface area contributed by atoms with Gasteiger partial charge < -0.3 is 14.8 Å². The third-order valence-corrected chi connectivity index (χ3v) is 3.89. The van der Waals surface area contributed by atoms with Crippen molar-refractivity contribution in [2.24, 2.45) is 0 Å². The van der Waals surface area contributed by atoms with Gasteiger partial charge >= 0.3 is 5.97 Å². The number of aromatic nitrogens is 2. The molecule has 0 amide bonds. The molecule has 0 radical (unpaired) electrons. The topological polar surface area (TPSA) is 73.3 Å². The van der Waals surface area contributed by atoms with Gasteiger partial charge in [0.2, 0.25) is 0 Å². The SMILES string of the molecule is COC(=O)c1cnc2c(C)cc(NCc3ccc(OC)cc3)nc2c1. The summed E-state index contributed by atoms with van der Waals surface area (Å²) in [5.74, 6) is 1.12. The van der Waals surface area contributed by atoms with Gasteiger partial charge in [0.15, 0.2) is 0 Å². The molecule has 0 bridgehead atoms. The van der Waals surface area contributed by atoms with Gasteiger partial charge in [-0.25, -0.2) is 9.78 Å². The van der Waals surface area contributed by atoms with Crippen LogP contribution in [-0.4, -0.2) is 30.2 Å². The Morgan fingerprint density at radius 3 is 2.60 bits per heavy atom. The molecule has 6 nitrogen and oxygen atoms in total. The van der Waals surface area contributed by atoms with Crippen molar-refractivity contribution < 1.29 is 14.3 Å². The number of ether oxygens (including phenoxy) is 2. The third kappa shape index (κ3) is 3.68. The van der Waals surface area contributed by atoms with Gasteiger partial charge in [-0.1, -0.05) is 12.1 Å². The van der Waals surface area contributed by atoms with Gasteiger partial charge in [0.25, 0.3) is 0 Å². The van der Waals surface area contributed by atoms with E-state index in [1.807, 2.05) is 37.3 Å². The number of methoxy groups -OCH3 is 2. The van der Waals surface area contributed by atoms with Gasteiger partial charge in [0.1, 0.15) is 11.6 Å². The number of rotatable bonds is 5. The Hall–Kier alpha value is -3.15. The maximum atomic E-state index is 11.7. The minimum atomic E-state index is -0.426. The zero-order valence-electron chi connectivity index (χ0n) is 14.4. The molecule has 0 unspecified atom stereocenters. The van der Waals surface area contributed by atoms with E-state index in [1.165, 1.54) is 13.3 Å². The number of pyridine rings is 2. The molecule has 0 saturated carbocycles. The van der Waals surface area contributed by atoms with Crippen LogP contribution in [0.4, 0.5) is 5.82 Å². The fraction of sp³-hybridized carbons (Fsp3) is 0.211. The lowest BCUT2D eigenvalue weighted by molar-refractivity contribution is 0.0600. The second kappa shape index (κ2) is 7.17. The molecule has 1 N–H and O–H groups in total. The number of benzene rings is 1. The van der Waals surface area contributed by atoms with Crippen LogP contribution in [0.5, 0.6) is 5.75 Å². The van der Waals surface area contributed by atoms with Gasteiger partial charge in [0, 0.05) is 12.7 Å². The predicted molar refractivity (Wildman–Crippen MR) is 95.9 cm³/mol. The zero-order valence-corrected chi connectivity index (χ0v) is 14.4. The van der Waals surface area contributed by atoms with E-state index in [0.29, 0.717) is 17.6 Å². The monoisotopic (exact) mass is 337 g/mol. The van der Waals surface area contributed by atoms with Crippen molar-refractivity contribution >= 4 is 22.8 Å². The Morgan fingerprint density at radius 1 is 1.16 bits per heavy atom. The van der Waals surface area contributed by atoms with Crippen molar-refractivity contribution in [2.45, 2.75) is 13.5 Å². The standard InChI is InChI=1S/C19H19N3O3/c1-12-8-17(20-10-13-4-6-15(24-2)7-5-13)22-16-9-14(19(23)25-3)11-21-18(12)16/h4-9,11H,10H2,1-3H3,(H,20,22). The summed E-state index contributed by atoms with van der Waals surface area (Å²) in [5.41, 5.74) is 3.90. The summed E-state index contributed by atoms with van der Waals surface area (Å²) < 4.78 is 9.90. The number of fused-ring (bicyclic) bond motifs is 1. The first-order valence-corrected chi connectivity index (χ1v) is 7.83. The summed E-state index contributed by atoms with van der Waals surface area (Å²) in [5, 5.41) is 3.30. The van der Waals surface area contributed by atoms with E-state index in [-0.39, 0.29) is 0 Å². The van der Waals surface area contributed by atoms with Crippen molar-refractivity contribution in [1.82, 2.24) is 9.97 Å². The van der Waals surface area contributed by atoms with Crippen LogP contribution in [0.1, 0.15) is 21.5 Å². The van der Waals surface area contributed by atoms with Crippen molar-refractivity contribution in [3.63, 3.8) is 0 Å². The van der Waals surface area contributed by atoms with Crippen molar-refractivity contribution in [3.8, 4) is 5.75 Å². The molecule has 0 fully saturated rings. The molecule has 3 rings (SSSR count). The minimum absolute atomic E-state index is 0.384. The normalized spacial score (nSPS) is 10.5. The third-order valence-electron chi connectivity index (χ3n) is 3.89. The Bertz CT molecular complexity index is 908. The largest absolute Gasteiger partial charge is 0.497 e. The smallest absolute Gasteiger partial charge is 0.339 e. The van der Waals surface area contributed by atoms with Gasteiger partial charge in [-0.05, 0) is 42.3 Å². The van der Waals surface area contributed by atoms with Crippen LogP contribution in [-0.2, 0) is 11.3 Å². The molecule has 0 atom stereocenters. The summed E-state index contributed by atoms with van der Waals surface area (Å²) >= 11 is 0. The Labute approximate surface area is 145 Å². The molecule has 0 aliphatic rings. The van der Waals surface area contributed by atoms with Crippen LogP contribution in [0.2, 0.25) is 0 Å². The minimum Gasteiger partial charge on any atom is -0.497 e. The Kier molecular flexibility index (Phi) is 4.79. The van der Waals surface area contributed by atoms with Crippen LogP contribution in [0, 0.1) is 6.92 Å². The van der Waals surface area contributed by atoms with E-state index < -0.39 is 5.97 Å². The average molecular weight is 337 g/mol. The predicted octanol–water partition coefficient (Wildman–Crippen LogP) is 3.35. The second-order valence-corrected chi connectivity index (χ2v) is 5.61. The Balaban J connectivity index is 1.84. The number of nitrogens with one attached hydrogen (secondary N) is 1. The number of aryl methyl sites for hydroxylation is 1. The lowest BCUT2D eigenvalue weighted by Crippen LogP contribution is -2.05. The van der Waals surface area contributed by atoms with Gasteiger partial charge in [-0.15, -0.1) is 0 Å². The highest BCUT2D eigenvalue weighted by Gasteiger charge is 2.10. The zero-order chi connectivity index (χ0) is 17.8. The molecule has 25 heavy (non-hydrogen) atoms. The molecule has 2 aromatic heterocycles.